The Morgan fingerprint density at radius 2 is 1.80 bits per heavy atom. The molecule has 0 radical (unpaired) electrons. The van der Waals surface area contributed by atoms with Gasteiger partial charge in [0.1, 0.15) is 17.2 Å². The number of halogens is 4. The van der Waals surface area contributed by atoms with Gasteiger partial charge in [0.15, 0.2) is 0 Å². The molecule has 0 bridgehead atoms. The summed E-state index contributed by atoms with van der Waals surface area (Å²) in [6.45, 7) is 3.44. The second-order valence-electron chi connectivity index (χ2n) is 7.64. The summed E-state index contributed by atoms with van der Waals surface area (Å²) in [6, 6.07) is 6.86. The summed E-state index contributed by atoms with van der Waals surface area (Å²) in [5.41, 5.74) is -1.15. The maximum Gasteiger partial charge on any atom is 0.263 e. The maximum atomic E-state index is 13.6. The fourth-order valence-corrected chi connectivity index (χ4v) is 3.62. The van der Waals surface area contributed by atoms with Gasteiger partial charge in [-0.15, -0.1) is 0 Å². The molecule has 158 valence electrons. The molecule has 4 rings (SSSR count). The molecule has 2 heterocycles. The minimum Gasteiger partial charge on any atom is -0.363 e. The molecule has 0 spiro atoms. The topological polar surface area (TPSA) is 59.8 Å². The Bertz CT molecular complexity index is 1160. The molecule has 0 aliphatic heterocycles. The first-order valence-corrected chi connectivity index (χ1v) is 9.55. The first kappa shape index (κ1) is 20.3. The number of alkyl halides is 4. The lowest BCUT2D eigenvalue weighted by molar-refractivity contribution is 0.0654. The van der Waals surface area contributed by atoms with Crippen LogP contribution in [0.25, 0.3) is 10.9 Å². The molecule has 5 nitrogen and oxygen atoms in total. The Hall–Kier alpha value is -2.97. The number of nitrogens with zero attached hydrogens (tertiary/aromatic N) is 3. The van der Waals surface area contributed by atoms with Gasteiger partial charge in [0.25, 0.3) is 18.4 Å². The van der Waals surface area contributed by atoms with Crippen LogP contribution in [0, 0.1) is 6.92 Å². The van der Waals surface area contributed by atoms with Crippen molar-refractivity contribution in [1.29, 1.82) is 0 Å². The van der Waals surface area contributed by atoms with Crippen molar-refractivity contribution in [3.63, 3.8) is 0 Å². The van der Waals surface area contributed by atoms with Crippen molar-refractivity contribution in [3.05, 3.63) is 63.8 Å². The number of nitrogens with one attached hydrogen (secondary N) is 1. The molecule has 30 heavy (non-hydrogen) atoms. The highest BCUT2D eigenvalue weighted by Gasteiger charge is 2.53. The number of aryl methyl sites for hydroxylation is 1. The zero-order chi connectivity index (χ0) is 21.6. The minimum atomic E-state index is -2.66. The van der Waals surface area contributed by atoms with Crippen molar-refractivity contribution in [3.8, 4) is 0 Å². The van der Waals surface area contributed by atoms with Crippen LogP contribution in [0.4, 0.5) is 23.4 Å². The SMILES string of the molecule is Cc1nc(N[C@H](C)c2cccc(C(F)F)c2)c2cn(C3(C(F)F)CC3)c(=O)cc2n1. The predicted molar refractivity (Wildman–Crippen MR) is 105 cm³/mol. The number of hydrogen-bond donors (Lipinski definition) is 1. The van der Waals surface area contributed by atoms with Crippen LogP contribution >= 0.6 is 0 Å². The standard InChI is InChI=1S/C21H20F4N4O/c1-11(13-4-3-5-14(8-13)18(22)23)26-19-15-10-29(21(6-7-21)20(24)25)17(30)9-16(15)27-12(2)28-19/h3-5,8-11,18,20H,6-7H2,1-2H3,(H,26,27,28)/t11-/m1/s1. The molecule has 1 saturated carbocycles. The molecule has 9 heteroatoms. The van der Waals surface area contributed by atoms with Crippen LogP contribution in [-0.2, 0) is 5.54 Å². The van der Waals surface area contributed by atoms with E-state index in [2.05, 4.69) is 15.3 Å². The van der Waals surface area contributed by atoms with E-state index in [1.165, 1.54) is 24.4 Å². The van der Waals surface area contributed by atoms with Gasteiger partial charge in [-0.2, -0.15) is 0 Å². The van der Waals surface area contributed by atoms with Crippen LogP contribution in [-0.4, -0.2) is 21.0 Å². The van der Waals surface area contributed by atoms with E-state index in [1.807, 2.05) is 0 Å². The lowest BCUT2D eigenvalue weighted by Gasteiger charge is -2.21. The Morgan fingerprint density at radius 1 is 1.10 bits per heavy atom. The van der Waals surface area contributed by atoms with Gasteiger partial charge in [-0.25, -0.2) is 27.5 Å². The van der Waals surface area contributed by atoms with Crippen molar-refractivity contribution >= 4 is 16.7 Å². The van der Waals surface area contributed by atoms with Gasteiger partial charge in [0.05, 0.1) is 10.9 Å². The van der Waals surface area contributed by atoms with Gasteiger partial charge in [0, 0.05) is 23.9 Å². The summed E-state index contributed by atoms with van der Waals surface area (Å²) in [6.07, 6.45) is -3.42. The normalized spacial score (nSPS) is 16.3. The molecular formula is C21H20F4N4O. The molecule has 0 saturated heterocycles. The molecular weight excluding hydrogens is 400 g/mol. The van der Waals surface area contributed by atoms with E-state index in [0.29, 0.717) is 28.1 Å². The zero-order valence-electron chi connectivity index (χ0n) is 16.4. The summed E-state index contributed by atoms with van der Waals surface area (Å²) in [7, 11) is 0. The Balaban J connectivity index is 1.77. The zero-order valence-corrected chi connectivity index (χ0v) is 16.4. The molecule has 0 amide bonds. The van der Waals surface area contributed by atoms with E-state index < -0.39 is 30.0 Å². The summed E-state index contributed by atoms with van der Waals surface area (Å²) in [4.78, 5) is 21.1. The summed E-state index contributed by atoms with van der Waals surface area (Å²) >= 11 is 0. The van der Waals surface area contributed by atoms with E-state index in [4.69, 9.17) is 0 Å². The first-order chi connectivity index (χ1) is 14.2. The molecule has 0 unspecified atom stereocenters. The van der Waals surface area contributed by atoms with Crippen LogP contribution in [0.2, 0.25) is 0 Å². The van der Waals surface area contributed by atoms with E-state index in [0.717, 1.165) is 4.57 Å². The second kappa shape index (κ2) is 7.37. The molecule has 1 fully saturated rings. The van der Waals surface area contributed by atoms with Crippen molar-refractivity contribution in [2.24, 2.45) is 0 Å². The van der Waals surface area contributed by atoms with Gasteiger partial charge in [-0.3, -0.25) is 4.79 Å². The molecule has 1 aliphatic carbocycles. The molecule has 1 atom stereocenters. The average molecular weight is 420 g/mol. The van der Waals surface area contributed by atoms with Gasteiger partial charge >= 0.3 is 0 Å². The van der Waals surface area contributed by atoms with E-state index >= 15 is 0 Å². The van der Waals surface area contributed by atoms with Crippen molar-refractivity contribution in [1.82, 2.24) is 14.5 Å². The van der Waals surface area contributed by atoms with Gasteiger partial charge in [0.2, 0.25) is 0 Å². The number of anilines is 1. The smallest absolute Gasteiger partial charge is 0.263 e. The van der Waals surface area contributed by atoms with Crippen molar-refractivity contribution < 1.29 is 17.6 Å². The second-order valence-corrected chi connectivity index (χ2v) is 7.64. The predicted octanol–water partition coefficient (Wildman–Crippen LogP) is 4.96. The molecule has 1 aromatic carbocycles. The maximum absolute atomic E-state index is 13.6. The highest BCUT2D eigenvalue weighted by molar-refractivity contribution is 5.88. The lowest BCUT2D eigenvalue weighted by Crippen LogP contribution is -2.35. The number of fused-ring (bicyclic) bond motifs is 1. The van der Waals surface area contributed by atoms with Gasteiger partial charge < -0.3 is 9.88 Å². The fourth-order valence-electron chi connectivity index (χ4n) is 3.62. The lowest BCUT2D eigenvalue weighted by atomic mass is 10.1. The average Bonchev–Trinajstić information content (AvgIpc) is 3.49. The van der Waals surface area contributed by atoms with Crippen LogP contribution in [0.15, 0.2) is 41.3 Å². The Labute approximate surface area is 169 Å². The van der Waals surface area contributed by atoms with E-state index in [1.54, 1.807) is 26.0 Å². The van der Waals surface area contributed by atoms with Gasteiger partial charge in [-0.1, -0.05) is 18.2 Å². The molecule has 1 N–H and O–H groups in total. The molecule has 3 aromatic rings. The number of benzene rings is 1. The van der Waals surface area contributed by atoms with E-state index in [9.17, 15) is 22.4 Å². The van der Waals surface area contributed by atoms with Crippen LogP contribution < -0.4 is 10.9 Å². The summed E-state index contributed by atoms with van der Waals surface area (Å²) in [5, 5.41) is 3.58. The van der Waals surface area contributed by atoms with Crippen LogP contribution in [0.1, 0.15) is 49.2 Å². The van der Waals surface area contributed by atoms with E-state index in [-0.39, 0.29) is 18.4 Å². The minimum absolute atomic E-state index is 0.0914. The number of aromatic nitrogens is 3. The number of rotatable bonds is 6. The van der Waals surface area contributed by atoms with Crippen molar-refractivity contribution in [2.75, 3.05) is 5.32 Å². The highest BCUT2D eigenvalue weighted by atomic mass is 19.3. The fraction of sp³-hybridized carbons (Fsp3) is 0.381. The Kier molecular flexibility index (Phi) is 4.99. The van der Waals surface area contributed by atoms with Gasteiger partial charge in [-0.05, 0) is 38.3 Å². The highest BCUT2D eigenvalue weighted by Crippen LogP contribution is 2.48. The first-order valence-electron chi connectivity index (χ1n) is 9.55. The van der Waals surface area contributed by atoms with Crippen molar-refractivity contribution in [2.45, 2.75) is 51.1 Å². The third-order valence-electron chi connectivity index (χ3n) is 5.51. The summed E-state index contributed by atoms with van der Waals surface area (Å²) in [5.74, 6) is 0.747. The van der Waals surface area contributed by atoms with Crippen LogP contribution in [0.3, 0.4) is 0 Å². The number of pyridine rings is 1. The Morgan fingerprint density at radius 3 is 2.43 bits per heavy atom. The summed E-state index contributed by atoms with van der Waals surface area (Å²) < 4.78 is 54.3. The third kappa shape index (κ3) is 3.53. The number of hydrogen-bond acceptors (Lipinski definition) is 4. The van der Waals surface area contributed by atoms with Crippen LogP contribution in [0.5, 0.6) is 0 Å². The largest absolute Gasteiger partial charge is 0.363 e. The quantitative estimate of drug-likeness (QED) is 0.573. The third-order valence-corrected chi connectivity index (χ3v) is 5.51. The monoisotopic (exact) mass is 420 g/mol. The molecule has 2 aromatic heterocycles. The molecule has 1 aliphatic rings.